The molecule has 1 saturated carbocycles. The summed E-state index contributed by atoms with van der Waals surface area (Å²) in [4.78, 5) is 10.6. The molecule has 1 N–H and O–H groups in total. The predicted molar refractivity (Wildman–Crippen MR) is 53.0 cm³/mol. The van der Waals surface area contributed by atoms with Crippen LogP contribution in [0.1, 0.15) is 28.8 Å². The molecular formula is C12H10O2. The van der Waals surface area contributed by atoms with Crippen LogP contribution in [0.5, 0.6) is 0 Å². The minimum atomic E-state index is -0.897. The number of carbonyl (C=O) groups is 1. The number of hydrogen-bond acceptors (Lipinski definition) is 1. The molecule has 0 unspecified atom stereocenters. The van der Waals surface area contributed by atoms with Crippen LogP contribution in [-0.4, -0.2) is 11.1 Å². The van der Waals surface area contributed by atoms with Crippen LogP contribution in [0.3, 0.4) is 0 Å². The first-order valence-electron chi connectivity index (χ1n) is 4.60. The van der Waals surface area contributed by atoms with Crippen LogP contribution in [0.15, 0.2) is 24.3 Å². The van der Waals surface area contributed by atoms with Gasteiger partial charge in [-0.1, -0.05) is 11.8 Å². The van der Waals surface area contributed by atoms with E-state index in [-0.39, 0.29) is 0 Å². The van der Waals surface area contributed by atoms with Crippen LogP contribution < -0.4 is 0 Å². The first-order valence-corrected chi connectivity index (χ1v) is 4.60. The Balaban J connectivity index is 2.14. The van der Waals surface area contributed by atoms with Crippen LogP contribution in [0.4, 0.5) is 0 Å². The van der Waals surface area contributed by atoms with Gasteiger partial charge < -0.3 is 5.11 Å². The van der Waals surface area contributed by atoms with Gasteiger partial charge in [-0.2, -0.15) is 0 Å². The summed E-state index contributed by atoms with van der Waals surface area (Å²) in [5, 5.41) is 8.67. The molecule has 0 aromatic heterocycles. The molecule has 1 aromatic rings. The number of benzene rings is 1. The summed E-state index contributed by atoms with van der Waals surface area (Å²) in [6.07, 6.45) is 2.42. The van der Waals surface area contributed by atoms with E-state index >= 15 is 0 Å². The molecule has 0 atom stereocenters. The van der Waals surface area contributed by atoms with Crippen molar-refractivity contribution in [2.45, 2.75) is 12.8 Å². The third kappa shape index (κ3) is 2.14. The van der Waals surface area contributed by atoms with Crippen molar-refractivity contribution in [3.63, 3.8) is 0 Å². The summed E-state index contributed by atoms with van der Waals surface area (Å²) in [5.41, 5.74) is 1.20. The Morgan fingerprint density at radius 1 is 1.29 bits per heavy atom. The molecule has 1 aliphatic rings. The van der Waals surface area contributed by atoms with Crippen molar-refractivity contribution in [1.29, 1.82) is 0 Å². The van der Waals surface area contributed by atoms with Gasteiger partial charge in [-0.15, -0.1) is 0 Å². The molecule has 2 nitrogen and oxygen atoms in total. The van der Waals surface area contributed by atoms with E-state index < -0.39 is 5.97 Å². The molecule has 0 radical (unpaired) electrons. The second-order valence-electron chi connectivity index (χ2n) is 3.43. The number of carboxylic acids is 1. The summed E-state index contributed by atoms with van der Waals surface area (Å²) < 4.78 is 0. The van der Waals surface area contributed by atoms with Crippen molar-refractivity contribution in [2.75, 3.05) is 0 Å². The highest BCUT2D eigenvalue weighted by atomic mass is 16.4. The topological polar surface area (TPSA) is 37.3 Å². The summed E-state index contributed by atoms with van der Waals surface area (Å²) >= 11 is 0. The third-order valence-electron chi connectivity index (χ3n) is 2.13. The molecule has 1 aliphatic carbocycles. The minimum absolute atomic E-state index is 0.307. The average molecular weight is 186 g/mol. The first kappa shape index (κ1) is 8.83. The quantitative estimate of drug-likeness (QED) is 0.682. The van der Waals surface area contributed by atoms with Crippen molar-refractivity contribution in [3.8, 4) is 11.8 Å². The molecule has 0 amide bonds. The molecule has 0 spiro atoms. The predicted octanol–water partition coefficient (Wildman–Crippen LogP) is 2.15. The molecule has 2 rings (SSSR count). The van der Waals surface area contributed by atoms with Gasteiger partial charge in [-0.05, 0) is 37.1 Å². The standard InChI is InChI=1S/C12H10O2/c13-12(14)11-7-5-10(6-8-11)4-3-9-1-2-9/h5-9H,1-2H2,(H,13,14). The Hall–Kier alpha value is -1.75. The van der Waals surface area contributed by atoms with E-state index in [1.165, 1.54) is 12.8 Å². The SMILES string of the molecule is O=C(O)c1ccc(C#CC2CC2)cc1. The lowest BCUT2D eigenvalue weighted by molar-refractivity contribution is 0.0697. The maximum Gasteiger partial charge on any atom is 0.335 e. The summed E-state index contributed by atoms with van der Waals surface area (Å²) in [6, 6.07) is 6.66. The second kappa shape index (κ2) is 3.55. The van der Waals surface area contributed by atoms with Crippen molar-refractivity contribution in [3.05, 3.63) is 35.4 Å². The molecule has 0 saturated heterocycles. The van der Waals surface area contributed by atoms with Crippen molar-refractivity contribution >= 4 is 5.97 Å². The van der Waals surface area contributed by atoms with Crippen molar-refractivity contribution in [2.24, 2.45) is 5.92 Å². The lowest BCUT2D eigenvalue weighted by atomic mass is 10.1. The van der Waals surface area contributed by atoms with E-state index in [0.717, 1.165) is 5.56 Å². The van der Waals surface area contributed by atoms with Gasteiger partial charge in [-0.3, -0.25) is 0 Å². The van der Waals surface area contributed by atoms with Crippen LogP contribution in [-0.2, 0) is 0 Å². The Morgan fingerprint density at radius 3 is 2.43 bits per heavy atom. The van der Waals surface area contributed by atoms with E-state index in [4.69, 9.17) is 5.11 Å². The number of carboxylic acid groups (broad SMARTS) is 1. The molecule has 2 heteroatoms. The smallest absolute Gasteiger partial charge is 0.335 e. The molecular weight excluding hydrogens is 176 g/mol. The molecule has 1 fully saturated rings. The van der Waals surface area contributed by atoms with E-state index in [2.05, 4.69) is 11.8 Å². The summed E-state index contributed by atoms with van der Waals surface area (Å²) in [5.74, 6) is 5.84. The molecule has 14 heavy (non-hydrogen) atoms. The fourth-order valence-electron chi connectivity index (χ4n) is 1.11. The normalized spacial score (nSPS) is 14.3. The zero-order valence-electron chi connectivity index (χ0n) is 7.66. The van der Waals surface area contributed by atoms with E-state index in [1.807, 2.05) is 0 Å². The molecule has 0 heterocycles. The number of hydrogen-bond donors (Lipinski definition) is 1. The fourth-order valence-corrected chi connectivity index (χ4v) is 1.11. The van der Waals surface area contributed by atoms with Gasteiger partial charge in [0.1, 0.15) is 0 Å². The highest BCUT2D eigenvalue weighted by Crippen LogP contribution is 2.27. The zero-order valence-corrected chi connectivity index (χ0v) is 7.66. The largest absolute Gasteiger partial charge is 0.478 e. The van der Waals surface area contributed by atoms with Gasteiger partial charge >= 0.3 is 5.97 Å². The molecule has 0 bridgehead atoms. The average Bonchev–Trinajstić information content (AvgIpc) is 2.99. The molecule has 0 aliphatic heterocycles. The Labute approximate surface area is 82.6 Å². The maximum absolute atomic E-state index is 10.6. The fraction of sp³-hybridized carbons (Fsp3) is 0.250. The first-order chi connectivity index (χ1) is 6.75. The monoisotopic (exact) mass is 186 g/mol. The Bertz CT molecular complexity index is 402. The van der Waals surface area contributed by atoms with Gasteiger partial charge in [0.25, 0.3) is 0 Å². The maximum atomic E-state index is 10.6. The summed E-state index contributed by atoms with van der Waals surface area (Å²) in [6.45, 7) is 0. The molecule has 70 valence electrons. The Morgan fingerprint density at radius 2 is 1.93 bits per heavy atom. The number of aromatic carboxylic acids is 1. The highest BCUT2D eigenvalue weighted by Gasteiger charge is 2.17. The highest BCUT2D eigenvalue weighted by molar-refractivity contribution is 5.87. The van der Waals surface area contributed by atoms with E-state index in [9.17, 15) is 4.79 Å². The van der Waals surface area contributed by atoms with Crippen molar-refractivity contribution in [1.82, 2.24) is 0 Å². The lowest BCUT2D eigenvalue weighted by Crippen LogP contribution is -1.94. The number of rotatable bonds is 1. The minimum Gasteiger partial charge on any atom is -0.478 e. The zero-order chi connectivity index (χ0) is 9.97. The van der Waals surface area contributed by atoms with Crippen molar-refractivity contribution < 1.29 is 9.90 Å². The van der Waals surface area contributed by atoms with Crippen LogP contribution >= 0.6 is 0 Å². The second-order valence-corrected chi connectivity index (χ2v) is 3.43. The van der Waals surface area contributed by atoms with Crippen LogP contribution in [0, 0.1) is 17.8 Å². The van der Waals surface area contributed by atoms with Crippen LogP contribution in [0.2, 0.25) is 0 Å². The third-order valence-corrected chi connectivity index (χ3v) is 2.13. The van der Waals surface area contributed by atoms with Gasteiger partial charge in [-0.25, -0.2) is 4.79 Å². The van der Waals surface area contributed by atoms with Gasteiger partial charge in [0, 0.05) is 11.5 Å². The van der Waals surface area contributed by atoms with Gasteiger partial charge in [0.05, 0.1) is 5.56 Å². The molecule has 1 aromatic carbocycles. The van der Waals surface area contributed by atoms with Gasteiger partial charge in [0.2, 0.25) is 0 Å². The Kier molecular flexibility index (Phi) is 2.24. The summed E-state index contributed by atoms with van der Waals surface area (Å²) in [7, 11) is 0. The lowest BCUT2D eigenvalue weighted by Gasteiger charge is -1.93. The van der Waals surface area contributed by atoms with E-state index in [0.29, 0.717) is 11.5 Å². The van der Waals surface area contributed by atoms with Crippen LogP contribution in [0.25, 0.3) is 0 Å². The van der Waals surface area contributed by atoms with E-state index in [1.54, 1.807) is 24.3 Å². The van der Waals surface area contributed by atoms with Gasteiger partial charge in [0.15, 0.2) is 0 Å².